The van der Waals surface area contributed by atoms with Crippen molar-refractivity contribution >= 4 is 29.1 Å². The van der Waals surface area contributed by atoms with E-state index in [2.05, 4.69) is 43.1 Å². The zero-order valence-corrected chi connectivity index (χ0v) is 16.9. The lowest BCUT2D eigenvalue weighted by Gasteiger charge is -2.15. The zero-order valence-electron chi connectivity index (χ0n) is 16.1. The number of carbonyl (C=O) groups excluding carboxylic acids is 1. The van der Waals surface area contributed by atoms with Crippen LogP contribution in [0.1, 0.15) is 42.0 Å². The number of rotatable bonds is 6. The molecule has 27 heavy (non-hydrogen) atoms. The fourth-order valence-electron chi connectivity index (χ4n) is 3.05. The van der Waals surface area contributed by atoms with Crippen LogP contribution in [0, 0.1) is 13.8 Å². The maximum atomic E-state index is 12.8. The van der Waals surface area contributed by atoms with E-state index < -0.39 is 0 Å². The predicted molar refractivity (Wildman–Crippen MR) is 114 cm³/mol. The van der Waals surface area contributed by atoms with E-state index in [9.17, 15) is 4.79 Å². The van der Waals surface area contributed by atoms with Gasteiger partial charge in [0.1, 0.15) is 0 Å². The van der Waals surface area contributed by atoms with Crippen LogP contribution in [0.4, 0.5) is 0 Å². The lowest BCUT2D eigenvalue weighted by atomic mass is 10.1. The molecular weight excluding hydrogens is 354 g/mol. The van der Waals surface area contributed by atoms with Gasteiger partial charge in [-0.1, -0.05) is 79.2 Å². The zero-order chi connectivity index (χ0) is 19.2. The minimum atomic E-state index is -0.0613. The fraction of sp³-hybridized carbons (Fsp3) is 0.318. The van der Waals surface area contributed by atoms with E-state index in [0.29, 0.717) is 11.7 Å². The third-order valence-electron chi connectivity index (χ3n) is 4.52. The smallest absolute Gasteiger partial charge is 0.242 e. The number of carbonyl (C=O) groups is 1. The molecule has 2 aromatic carbocycles. The molecule has 1 aliphatic rings. The van der Waals surface area contributed by atoms with Crippen molar-refractivity contribution in [3.8, 4) is 0 Å². The maximum absolute atomic E-state index is 12.8. The van der Waals surface area contributed by atoms with Crippen molar-refractivity contribution in [3.63, 3.8) is 0 Å². The van der Waals surface area contributed by atoms with Crippen molar-refractivity contribution in [3.05, 3.63) is 70.8 Å². The van der Waals surface area contributed by atoms with Gasteiger partial charge in [-0.05, 0) is 37.0 Å². The number of hydrogen-bond acceptors (Lipinski definition) is 4. The van der Waals surface area contributed by atoms with Gasteiger partial charge >= 0.3 is 0 Å². The van der Waals surface area contributed by atoms with Crippen LogP contribution in [0.2, 0.25) is 0 Å². The van der Waals surface area contributed by atoms with Gasteiger partial charge in [-0.15, -0.1) is 5.10 Å². The first-order chi connectivity index (χ1) is 13.1. The molecule has 3 rings (SSSR count). The van der Waals surface area contributed by atoms with Gasteiger partial charge in [0, 0.05) is 0 Å². The molecular formula is C22H25N3OS. The summed E-state index contributed by atoms with van der Waals surface area (Å²) in [5.74, 6) is 0.131. The van der Waals surface area contributed by atoms with Gasteiger partial charge in [0.15, 0.2) is 5.17 Å². The molecule has 0 radical (unpaired) electrons. The van der Waals surface area contributed by atoms with E-state index in [-0.39, 0.29) is 11.2 Å². The van der Waals surface area contributed by atoms with E-state index in [1.807, 2.05) is 36.4 Å². The molecule has 140 valence electrons. The van der Waals surface area contributed by atoms with Crippen LogP contribution in [0.5, 0.6) is 0 Å². The second kappa shape index (κ2) is 9.00. The largest absolute Gasteiger partial charge is 0.284 e. The Hall–Kier alpha value is -2.40. The Morgan fingerprint density at radius 2 is 1.93 bits per heavy atom. The van der Waals surface area contributed by atoms with Crippen LogP contribution in [-0.4, -0.2) is 27.4 Å². The van der Waals surface area contributed by atoms with Crippen molar-refractivity contribution < 1.29 is 4.79 Å². The van der Waals surface area contributed by atoms with Crippen LogP contribution in [0.25, 0.3) is 0 Å². The number of benzene rings is 2. The molecule has 1 fully saturated rings. The van der Waals surface area contributed by atoms with E-state index in [0.717, 1.165) is 24.0 Å². The highest BCUT2D eigenvalue weighted by Crippen LogP contribution is 2.31. The highest BCUT2D eigenvalue weighted by molar-refractivity contribution is 8.15. The normalized spacial score (nSPS) is 18.8. The Morgan fingerprint density at radius 1 is 1.15 bits per heavy atom. The van der Waals surface area contributed by atoms with Crippen molar-refractivity contribution in [1.82, 2.24) is 4.90 Å². The standard InChI is InChI=1S/C22H25N3OS/c1-4-8-20-21(26)25(15-18-9-6-5-7-10-18)22(27-20)24-23-14-19-12-11-16(2)13-17(19)3/h5-7,9-14,20H,4,8,15H2,1-3H3. The first-order valence-corrected chi connectivity index (χ1v) is 10.2. The number of amidine groups is 1. The summed E-state index contributed by atoms with van der Waals surface area (Å²) in [6.45, 7) is 6.77. The van der Waals surface area contributed by atoms with Gasteiger partial charge < -0.3 is 0 Å². The Bertz CT molecular complexity index is 861. The average molecular weight is 380 g/mol. The summed E-state index contributed by atoms with van der Waals surface area (Å²) in [5.41, 5.74) is 4.53. The topological polar surface area (TPSA) is 45.0 Å². The molecule has 1 unspecified atom stereocenters. The summed E-state index contributed by atoms with van der Waals surface area (Å²) < 4.78 is 0. The van der Waals surface area contributed by atoms with E-state index in [4.69, 9.17) is 0 Å². The molecule has 1 heterocycles. The number of hydrogen-bond donors (Lipinski definition) is 0. The molecule has 1 aliphatic heterocycles. The van der Waals surface area contributed by atoms with Gasteiger partial charge in [0.2, 0.25) is 5.91 Å². The van der Waals surface area contributed by atoms with Gasteiger partial charge in [0.05, 0.1) is 18.0 Å². The third kappa shape index (κ3) is 4.86. The summed E-state index contributed by atoms with van der Waals surface area (Å²) in [6.07, 6.45) is 3.59. The molecule has 1 amide bonds. The average Bonchev–Trinajstić information content (AvgIpc) is 2.94. The molecule has 0 N–H and O–H groups in total. The molecule has 5 heteroatoms. The van der Waals surface area contributed by atoms with Crippen LogP contribution in [-0.2, 0) is 11.3 Å². The molecule has 1 saturated heterocycles. The van der Waals surface area contributed by atoms with Crippen molar-refractivity contribution in [2.45, 2.75) is 45.4 Å². The van der Waals surface area contributed by atoms with E-state index >= 15 is 0 Å². The molecule has 0 spiro atoms. The Balaban J connectivity index is 1.82. The van der Waals surface area contributed by atoms with Gasteiger partial charge in [-0.25, -0.2) is 0 Å². The van der Waals surface area contributed by atoms with Crippen LogP contribution in [0.15, 0.2) is 58.7 Å². The minimum absolute atomic E-state index is 0.0613. The Kier molecular flexibility index (Phi) is 6.45. The molecule has 0 aromatic heterocycles. The molecule has 2 aromatic rings. The van der Waals surface area contributed by atoms with Gasteiger partial charge in [-0.3, -0.25) is 9.69 Å². The second-order valence-electron chi connectivity index (χ2n) is 6.79. The summed E-state index contributed by atoms with van der Waals surface area (Å²) >= 11 is 1.53. The molecule has 1 atom stereocenters. The van der Waals surface area contributed by atoms with Crippen LogP contribution < -0.4 is 0 Å². The van der Waals surface area contributed by atoms with E-state index in [1.54, 1.807) is 11.1 Å². The Morgan fingerprint density at radius 3 is 2.63 bits per heavy atom. The van der Waals surface area contributed by atoms with Crippen molar-refractivity contribution in [2.24, 2.45) is 10.2 Å². The lowest BCUT2D eigenvalue weighted by Crippen LogP contribution is -2.31. The van der Waals surface area contributed by atoms with Crippen LogP contribution >= 0.6 is 11.8 Å². The highest BCUT2D eigenvalue weighted by atomic mass is 32.2. The van der Waals surface area contributed by atoms with Gasteiger partial charge in [0.25, 0.3) is 0 Å². The minimum Gasteiger partial charge on any atom is -0.284 e. The molecule has 0 aliphatic carbocycles. The number of amides is 1. The first-order valence-electron chi connectivity index (χ1n) is 9.28. The number of nitrogens with zero attached hydrogens (tertiary/aromatic N) is 3. The first kappa shape index (κ1) is 19.4. The highest BCUT2D eigenvalue weighted by Gasteiger charge is 2.37. The number of thioether (sulfide) groups is 1. The maximum Gasteiger partial charge on any atom is 0.242 e. The predicted octanol–water partition coefficient (Wildman–Crippen LogP) is 4.94. The van der Waals surface area contributed by atoms with Crippen LogP contribution in [0.3, 0.4) is 0 Å². The monoisotopic (exact) mass is 379 g/mol. The van der Waals surface area contributed by atoms with Crippen molar-refractivity contribution in [2.75, 3.05) is 0 Å². The summed E-state index contributed by atoms with van der Waals surface area (Å²) in [5, 5.41) is 9.30. The van der Waals surface area contributed by atoms with Crippen molar-refractivity contribution in [1.29, 1.82) is 0 Å². The summed E-state index contributed by atoms with van der Waals surface area (Å²) in [7, 11) is 0. The SMILES string of the molecule is CCCC1SC(=NN=Cc2ccc(C)cc2C)N(Cc2ccccc2)C1=O. The Labute approximate surface area is 165 Å². The molecule has 0 bridgehead atoms. The van der Waals surface area contributed by atoms with Gasteiger partial charge in [-0.2, -0.15) is 5.10 Å². The third-order valence-corrected chi connectivity index (χ3v) is 5.75. The molecule has 0 saturated carbocycles. The fourth-order valence-corrected chi connectivity index (χ4v) is 4.27. The lowest BCUT2D eigenvalue weighted by molar-refractivity contribution is -0.126. The quantitative estimate of drug-likeness (QED) is 0.527. The number of aryl methyl sites for hydroxylation is 2. The summed E-state index contributed by atoms with van der Waals surface area (Å²) in [6, 6.07) is 16.2. The summed E-state index contributed by atoms with van der Waals surface area (Å²) in [4.78, 5) is 14.6. The second-order valence-corrected chi connectivity index (χ2v) is 7.96. The molecule has 4 nitrogen and oxygen atoms in total. The van der Waals surface area contributed by atoms with E-state index in [1.165, 1.54) is 22.9 Å².